The molecule has 0 fully saturated rings. The molecule has 6 rings (SSSR count). The topological polar surface area (TPSA) is 25.4 Å². The van der Waals surface area contributed by atoms with Crippen LogP contribution in [0.15, 0.2) is 109 Å². The van der Waals surface area contributed by atoms with Crippen molar-refractivity contribution in [2.45, 2.75) is 13.8 Å². The largest absolute Gasteiger partial charge is 0.453 e. The van der Waals surface area contributed by atoms with Crippen molar-refractivity contribution in [2.24, 2.45) is 0 Å². The first-order valence-electron chi connectivity index (χ1n) is 12.0. The number of aromatic nitrogens is 1. The van der Waals surface area contributed by atoms with E-state index >= 15 is 0 Å². The number of para-hydroxylation sites is 4. The highest BCUT2D eigenvalue weighted by molar-refractivity contribution is 5.88. The zero-order valence-corrected chi connectivity index (χ0v) is 20.2. The summed E-state index contributed by atoms with van der Waals surface area (Å²) < 4.78 is 6.22. The molecule has 1 aliphatic heterocycles. The minimum Gasteiger partial charge on any atom is -0.453 e. The third kappa shape index (κ3) is 3.79. The molecule has 1 aromatic heterocycles. The molecule has 5 aromatic rings. The highest BCUT2D eigenvalue weighted by Crippen LogP contribution is 2.50. The number of nitrogens with zero attached hydrogens (tertiary/aromatic N) is 2. The number of rotatable bonds is 2. The molecule has 36 heavy (non-hydrogen) atoms. The van der Waals surface area contributed by atoms with Crippen LogP contribution in [0.4, 0.5) is 17.1 Å². The summed E-state index contributed by atoms with van der Waals surface area (Å²) in [7, 11) is 0. The zero-order chi connectivity index (χ0) is 24.5. The molecule has 0 unspecified atom stereocenters. The summed E-state index contributed by atoms with van der Waals surface area (Å²) in [5.41, 5.74) is 9.21. The lowest BCUT2D eigenvalue weighted by molar-refractivity contribution is 0.477. The van der Waals surface area contributed by atoms with E-state index in [4.69, 9.17) is 4.74 Å². The Morgan fingerprint density at radius 2 is 1.17 bits per heavy atom. The van der Waals surface area contributed by atoms with Crippen molar-refractivity contribution in [2.75, 3.05) is 4.90 Å². The number of hydrogen-bond donors (Lipinski definition) is 0. The molecule has 0 N–H and O–H groups in total. The Morgan fingerprint density at radius 3 is 1.86 bits per heavy atom. The molecule has 0 saturated heterocycles. The van der Waals surface area contributed by atoms with E-state index in [1.165, 1.54) is 0 Å². The number of benzene rings is 4. The molecule has 3 nitrogen and oxygen atoms in total. The van der Waals surface area contributed by atoms with Gasteiger partial charge in [0.2, 0.25) is 0 Å². The van der Waals surface area contributed by atoms with Gasteiger partial charge in [-0.05, 0) is 67.4 Å². The number of pyridine rings is 1. The highest BCUT2D eigenvalue weighted by atomic mass is 16.5. The van der Waals surface area contributed by atoms with Crippen molar-refractivity contribution in [1.29, 1.82) is 0 Å². The van der Waals surface area contributed by atoms with Crippen LogP contribution in [0.2, 0.25) is 0 Å². The van der Waals surface area contributed by atoms with E-state index < -0.39 is 0 Å². The fourth-order valence-corrected chi connectivity index (χ4v) is 4.66. The van der Waals surface area contributed by atoms with Crippen molar-refractivity contribution < 1.29 is 4.74 Å². The number of aryl methyl sites for hydroxylation is 2. The molecule has 3 heteroatoms. The molecule has 2 heterocycles. The lowest BCUT2D eigenvalue weighted by Gasteiger charge is -2.33. The Kier molecular flexibility index (Phi) is 5.48. The molecule has 0 radical (unpaired) electrons. The minimum atomic E-state index is 0.827. The van der Waals surface area contributed by atoms with Gasteiger partial charge in [-0.15, -0.1) is 0 Å². The second kappa shape index (κ2) is 9.09. The van der Waals surface area contributed by atoms with Gasteiger partial charge in [-0.2, -0.15) is 0 Å². The van der Waals surface area contributed by atoms with Crippen LogP contribution in [0.3, 0.4) is 0 Å². The molecule has 172 valence electrons. The molecular weight excluding hydrogens is 440 g/mol. The molecule has 0 spiro atoms. The first kappa shape index (κ1) is 21.7. The normalized spacial score (nSPS) is 11.6. The van der Waals surface area contributed by atoms with Gasteiger partial charge >= 0.3 is 0 Å². The monoisotopic (exact) mass is 464 g/mol. The van der Waals surface area contributed by atoms with E-state index in [-0.39, 0.29) is 0 Å². The number of fused-ring (bicyclic) bond motifs is 2. The van der Waals surface area contributed by atoms with Crippen LogP contribution in [0.1, 0.15) is 22.3 Å². The summed E-state index contributed by atoms with van der Waals surface area (Å²) in [6.07, 6.45) is 1.82. The minimum absolute atomic E-state index is 0.827. The molecule has 4 aromatic carbocycles. The fraction of sp³-hybridized carbons (Fsp3) is 0.0606. The van der Waals surface area contributed by atoms with Crippen LogP contribution >= 0.6 is 0 Å². The number of hydrogen-bond acceptors (Lipinski definition) is 3. The Labute approximate surface area is 211 Å². The molecule has 0 amide bonds. The van der Waals surface area contributed by atoms with Gasteiger partial charge in [0.05, 0.1) is 28.3 Å². The molecule has 1 aliphatic rings. The van der Waals surface area contributed by atoms with Gasteiger partial charge in [-0.25, -0.2) is 0 Å². The first-order valence-corrected chi connectivity index (χ1v) is 12.0. The van der Waals surface area contributed by atoms with E-state index in [2.05, 4.69) is 84.1 Å². The quantitative estimate of drug-likeness (QED) is 0.241. The van der Waals surface area contributed by atoms with Crippen molar-refractivity contribution in [3.8, 4) is 34.6 Å². The first-order chi connectivity index (χ1) is 17.7. The average molecular weight is 465 g/mol. The summed E-state index contributed by atoms with van der Waals surface area (Å²) in [5.74, 6) is 8.72. The van der Waals surface area contributed by atoms with E-state index in [0.29, 0.717) is 0 Å². The van der Waals surface area contributed by atoms with E-state index in [1.54, 1.807) is 0 Å². The fourth-order valence-electron chi connectivity index (χ4n) is 4.66. The second-order valence-corrected chi connectivity index (χ2v) is 8.80. The van der Waals surface area contributed by atoms with Crippen LogP contribution < -0.4 is 9.64 Å². The number of anilines is 3. The number of ether oxygens (including phenoxy) is 1. The van der Waals surface area contributed by atoms with Crippen LogP contribution in [-0.4, -0.2) is 4.98 Å². The Balaban J connectivity index is 1.54. The maximum Gasteiger partial charge on any atom is 0.151 e. The van der Waals surface area contributed by atoms with Gasteiger partial charge in [0.25, 0.3) is 0 Å². The third-order valence-electron chi connectivity index (χ3n) is 6.45. The van der Waals surface area contributed by atoms with E-state index in [9.17, 15) is 0 Å². The van der Waals surface area contributed by atoms with Gasteiger partial charge in [-0.1, -0.05) is 72.5 Å². The Hall–Kier alpha value is -4.81. The predicted octanol–water partition coefficient (Wildman–Crippen LogP) is 8.34. The summed E-state index contributed by atoms with van der Waals surface area (Å²) in [6.45, 7) is 4.22. The summed E-state index contributed by atoms with van der Waals surface area (Å²) >= 11 is 0. The summed E-state index contributed by atoms with van der Waals surface area (Å²) in [4.78, 5) is 6.83. The van der Waals surface area contributed by atoms with Crippen LogP contribution in [0, 0.1) is 25.7 Å². The zero-order valence-electron chi connectivity index (χ0n) is 20.2. The van der Waals surface area contributed by atoms with E-state index in [0.717, 1.165) is 62.1 Å². The van der Waals surface area contributed by atoms with E-state index in [1.807, 2.05) is 60.8 Å². The van der Waals surface area contributed by atoms with Crippen LogP contribution in [-0.2, 0) is 0 Å². The third-order valence-corrected chi connectivity index (χ3v) is 6.45. The van der Waals surface area contributed by atoms with Crippen LogP contribution in [0.25, 0.3) is 11.3 Å². The van der Waals surface area contributed by atoms with Crippen molar-refractivity contribution >= 4 is 17.1 Å². The van der Waals surface area contributed by atoms with Crippen molar-refractivity contribution in [3.05, 3.63) is 132 Å². The van der Waals surface area contributed by atoms with Gasteiger partial charge in [-0.3, -0.25) is 4.98 Å². The van der Waals surface area contributed by atoms with Gasteiger partial charge in [0.15, 0.2) is 11.5 Å². The second-order valence-electron chi connectivity index (χ2n) is 8.80. The molecule has 0 atom stereocenters. The average Bonchev–Trinajstić information content (AvgIpc) is 2.92. The molecule has 0 saturated carbocycles. The van der Waals surface area contributed by atoms with Gasteiger partial charge in [0, 0.05) is 17.3 Å². The molecule has 0 aliphatic carbocycles. The molecule has 0 bridgehead atoms. The summed E-state index contributed by atoms with van der Waals surface area (Å²) in [6, 6.07) is 34.8. The summed E-state index contributed by atoms with van der Waals surface area (Å²) in [5, 5.41) is 0. The SMILES string of the molecule is Cc1cccc(-c2ccccn2)c1C#Cc1c(C)cccc1N1c2ccccc2Oc2ccccc21. The van der Waals surface area contributed by atoms with Gasteiger partial charge in [0.1, 0.15) is 0 Å². The lowest BCUT2D eigenvalue weighted by atomic mass is 9.98. The van der Waals surface area contributed by atoms with Crippen molar-refractivity contribution in [1.82, 2.24) is 4.98 Å². The smallest absolute Gasteiger partial charge is 0.151 e. The van der Waals surface area contributed by atoms with Gasteiger partial charge < -0.3 is 9.64 Å². The maximum atomic E-state index is 6.22. The highest BCUT2D eigenvalue weighted by Gasteiger charge is 2.26. The predicted molar refractivity (Wildman–Crippen MR) is 146 cm³/mol. The van der Waals surface area contributed by atoms with Crippen LogP contribution in [0.5, 0.6) is 11.5 Å². The lowest BCUT2D eigenvalue weighted by Crippen LogP contribution is -2.17. The maximum absolute atomic E-state index is 6.22. The molecular formula is C33H24N2O. The van der Waals surface area contributed by atoms with Crippen molar-refractivity contribution in [3.63, 3.8) is 0 Å². The Morgan fingerprint density at radius 1 is 0.583 bits per heavy atom. The Bertz CT molecular complexity index is 1600. The standard InChI is InChI=1S/C33H24N2O/c1-23-11-9-13-27(28-14-7-8-22-34-28)25(23)20-21-26-24(2)12-10-17-29(26)35-30-15-3-5-18-32(30)36-33-19-6-4-16-31(33)35/h3-19,22H,1-2H3.